The highest BCUT2D eigenvalue weighted by atomic mass is 19.1. The number of ketones is 1. The number of rotatable bonds is 7. The summed E-state index contributed by atoms with van der Waals surface area (Å²) in [6.45, 7) is 4.50. The second-order valence-corrected chi connectivity index (χ2v) is 6.83. The minimum absolute atomic E-state index is 0.00286. The van der Waals surface area contributed by atoms with Crippen molar-refractivity contribution in [2.75, 3.05) is 27.4 Å². The summed E-state index contributed by atoms with van der Waals surface area (Å²) < 4.78 is 30.3. The summed E-state index contributed by atoms with van der Waals surface area (Å²) in [6.07, 6.45) is 0. The number of methoxy groups -OCH3 is 1. The van der Waals surface area contributed by atoms with Gasteiger partial charge in [-0.25, -0.2) is 4.39 Å². The van der Waals surface area contributed by atoms with Crippen LogP contribution in [-0.2, 0) is 9.59 Å². The van der Waals surface area contributed by atoms with Crippen molar-refractivity contribution in [1.82, 2.24) is 4.90 Å². The number of carbonyl (C=O) groups excluding carboxylic acids is 2. The van der Waals surface area contributed by atoms with Gasteiger partial charge < -0.3 is 24.2 Å². The van der Waals surface area contributed by atoms with Crippen LogP contribution in [0.15, 0.2) is 42.0 Å². The number of aliphatic hydroxyl groups excluding tert-OH is 1. The summed E-state index contributed by atoms with van der Waals surface area (Å²) in [6, 6.07) is 7.99. The monoisotopic (exact) mass is 429 g/mol. The first-order valence-corrected chi connectivity index (χ1v) is 9.82. The molecule has 7 nitrogen and oxygen atoms in total. The van der Waals surface area contributed by atoms with Crippen molar-refractivity contribution in [3.8, 4) is 17.2 Å². The summed E-state index contributed by atoms with van der Waals surface area (Å²) in [5, 5.41) is 10.9. The first kappa shape index (κ1) is 22.1. The molecule has 164 valence electrons. The minimum Gasteiger partial charge on any atom is -0.507 e. The molecule has 1 fully saturated rings. The largest absolute Gasteiger partial charge is 0.507 e. The molecule has 1 saturated heterocycles. The SMILES string of the molecule is CCOc1ccc(C2/C(=C(\O)c3ccc(OC)c(F)c3)C(=O)C(=O)N2C)cc1OCC. The summed E-state index contributed by atoms with van der Waals surface area (Å²) in [7, 11) is 2.79. The van der Waals surface area contributed by atoms with Gasteiger partial charge in [-0.05, 0) is 49.7 Å². The van der Waals surface area contributed by atoms with Gasteiger partial charge in [0.05, 0.1) is 31.9 Å². The predicted molar refractivity (Wildman–Crippen MR) is 112 cm³/mol. The molecule has 8 heteroatoms. The molecule has 0 saturated carbocycles. The number of benzene rings is 2. The average Bonchev–Trinajstić information content (AvgIpc) is 2.98. The minimum atomic E-state index is -0.875. The number of likely N-dealkylation sites (tertiary alicyclic amines) is 1. The lowest BCUT2D eigenvalue weighted by atomic mass is 9.95. The number of amides is 1. The van der Waals surface area contributed by atoms with Gasteiger partial charge in [-0.1, -0.05) is 6.07 Å². The number of halogens is 1. The first-order valence-electron chi connectivity index (χ1n) is 9.82. The Balaban J connectivity index is 2.14. The molecule has 1 atom stereocenters. The molecule has 0 aromatic heterocycles. The molecule has 0 spiro atoms. The van der Waals surface area contributed by atoms with E-state index in [0.29, 0.717) is 30.3 Å². The summed E-state index contributed by atoms with van der Waals surface area (Å²) >= 11 is 0. The van der Waals surface area contributed by atoms with Crippen LogP contribution in [0.3, 0.4) is 0 Å². The van der Waals surface area contributed by atoms with Crippen molar-refractivity contribution in [2.45, 2.75) is 19.9 Å². The van der Waals surface area contributed by atoms with Gasteiger partial charge in [-0.15, -0.1) is 0 Å². The molecule has 0 aliphatic carbocycles. The van der Waals surface area contributed by atoms with Crippen molar-refractivity contribution in [3.63, 3.8) is 0 Å². The molecular formula is C23H24FNO6. The standard InChI is InChI=1S/C23H24FNO6/c1-5-30-17-10-7-13(12-18(17)31-6-2)20-19(22(27)23(28)25(20)3)21(26)14-8-9-16(29-4)15(24)11-14/h7-12,20,26H,5-6H2,1-4H3/b21-19+. The number of nitrogens with zero attached hydrogens (tertiary/aromatic N) is 1. The van der Waals surface area contributed by atoms with Crippen LogP contribution in [0.5, 0.6) is 17.2 Å². The molecule has 2 aromatic rings. The Hall–Kier alpha value is -3.55. The van der Waals surface area contributed by atoms with Crippen molar-refractivity contribution in [3.05, 3.63) is 58.9 Å². The van der Waals surface area contributed by atoms with Crippen molar-refractivity contribution < 1.29 is 33.3 Å². The lowest BCUT2D eigenvalue weighted by Gasteiger charge is -2.22. The van der Waals surface area contributed by atoms with Crippen LogP contribution in [0, 0.1) is 5.82 Å². The van der Waals surface area contributed by atoms with Crippen molar-refractivity contribution in [1.29, 1.82) is 0 Å². The van der Waals surface area contributed by atoms with E-state index in [9.17, 15) is 19.1 Å². The Bertz CT molecular complexity index is 1050. The Labute approximate surface area is 179 Å². The summed E-state index contributed by atoms with van der Waals surface area (Å²) in [4.78, 5) is 26.4. The van der Waals surface area contributed by atoms with Gasteiger partial charge in [0.2, 0.25) is 0 Å². The van der Waals surface area contributed by atoms with E-state index in [-0.39, 0.29) is 16.9 Å². The molecule has 1 N–H and O–H groups in total. The molecule has 1 amide bonds. The molecule has 2 aromatic carbocycles. The number of likely N-dealkylation sites (N-methyl/N-ethyl adjacent to an activating group) is 1. The normalized spacial score (nSPS) is 17.7. The average molecular weight is 429 g/mol. The third-order valence-corrected chi connectivity index (χ3v) is 4.98. The Morgan fingerprint density at radius 2 is 1.68 bits per heavy atom. The van der Waals surface area contributed by atoms with Crippen LogP contribution in [0.25, 0.3) is 5.76 Å². The number of aliphatic hydroxyl groups is 1. The fourth-order valence-corrected chi connectivity index (χ4v) is 3.54. The molecular weight excluding hydrogens is 405 g/mol. The van der Waals surface area contributed by atoms with E-state index in [1.807, 2.05) is 13.8 Å². The lowest BCUT2D eigenvalue weighted by molar-refractivity contribution is -0.139. The van der Waals surface area contributed by atoms with Gasteiger partial charge in [0, 0.05) is 12.6 Å². The molecule has 0 bridgehead atoms. The van der Waals surface area contributed by atoms with Gasteiger partial charge >= 0.3 is 0 Å². The van der Waals surface area contributed by atoms with Crippen LogP contribution in [-0.4, -0.2) is 49.1 Å². The fraction of sp³-hybridized carbons (Fsp3) is 0.304. The molecule has 1 unspecified atom stereocenters. The first-order chi connectivity index (χ1) is 14.8. The second-order valence-electron chi connectivity index (χ2n) is 6.83. The predicted octanol–water partition coefficient (Wildman–Crippen LogP) is 3.68. The van der Waals surface area contributed by atoms with Crippen LogP contribution < -0.4 is 14.2 Å². The van der Waals surface area contributed by atoms with Crippen LogP contribution >= 0.6 is 0 Å². The molecule has 1 heterocycles. The highest BCUT2D eigenvalue weighted by Gasteiger charge is 2.44. The number of carbonyl (C=O) groups is 2. The zero-order chi connectivity index (χ0) is 22.7. The third-order valence-electron chi connectivity index (χ3n) is 4.98. The van der Waals surface area contributed by atoms with Crippen LogP contribution in [0.2, 0.25) is 0 Å². The fourth-order valence-electron chi connectivity index (χ4n) is 3.54. The van der Waals surface area contributed by atoms with E-state index in [1.54, 1.807) is 18.2 Å². The molecule has 3 rings (SSSR count). The number of hydrogen-bond donors (Lipinski definition) is 1. The van der Waals surface area contributed by atoms with E-state index < -0.39 is 29.3 Å². The van der Waals surface area contributed by atoms with Gasteiger partial charge in [-0.2, -0.15) is 0 Å². The topological polar surface area (TPSA) is 85.3 Å². The maximum absolute atomic E-state index is 14.2. The molecule has 1 aliphatic rings. The van der Waals surface area contributed by atoms with Crippen molar-refractivity contribution in [2.24, 2.45) is 0 Å². The Morgan fingerprint density at radius 1 is 1.03 bits per heavy atom. The van der Waals surface area contributed by atoms with E-state index in [0.717, 1.165) is 6.07 Å². The van der Waals surface area contributed by atoms with Crippen LogP contribution in [0.4, 0.5) is 4.39 Å². The van der Waals surface area contributed by atoms with Gasteiger partial charge in [0.1, 0.15) is 5.76 Å². The second kappa shape index (κ2) is 9.07. The van der Waals surface area contributed by atoms with E-state index >= 15 is 0 Å². The van der Waals surface area contributed by atoms with Gasteiger partial charge in [0.25, 0.3) is 11.7 Å². The Kier molecular flexibility index (Phi) is 6.48. The molecule has 1 aliphatic heterocycles. The number of hydrogen-bond acceptors (Lipinski definition) is 6. The van der Waals surface area contributed by atoms with Crippen molar-refractivity contribution >= 4 is 17.4 Å². The molecule has 31 heavy (non-hydrogen) atoms. The molecule has 0 radical (unpaired) electrons. The van der Waals surface area contributed by atoms with E-state index in [1.165, 1.54) is 31.2 Å². The maximum atomic E-state index is 14.2. The maximum Gasteiger partial charge on any atom is 0.295 e. The lowest BCUT2D eigenvalue weighted by Crippen LogP contribution is -2.24. The highest BCUT2D eigenvalue weighted by molar-refractivity contribution is 6.46. The summed E-state index contributed by atoms with van der Waals surface area (Å²) in [5.74, 6) is -1.82. The number of ether oxygens (including phenoxy) is 3. The van der Waals surface area contributed by atoms with Crippen LogP contribution in [0.1, 0.15) is 31.0 Å². The van der Waals surface area contributed by atoms with E-state index in [4.69, 9.17) is 14.2 Å². The third kappa shape index (κ3) is 4.05. The van der Waals surface area contributed by atoms with Gasteiger partial charge in [0.15, 0.2) is 23.1 Å². The van der Waals surface area contributed by atoms with Gasteiger partial charge in [-0.3, -0.25) is 9.59 Å². The Morgan fingerprint density at radius 3 is 2.29 bits per heavy atom. The van der Waals surface area contributed by atoms with E-state index in [2.05, 4.69) is 0 Å². The number of Topliss-reactive ketones (excluding diaryl/α,β-unsaturated/α-hetero) is 1. The smallest absolute Gasteiger partial charge is 0.295 e. The summed E-state index contributed by atoms with van der Waals surface area (Å²) in [5.41, 5.74) is 0.471. The zero-order valence-corrected chi connectivity index (χ0v) is 17.8. The quantitative estimate of drug-likeness (QED) is 0.411. The zero-order valence-electron chi connectivity index (χ0n) is 17.8. The highest BCUT2D eigenvalue weighted by Crippen LogP contribution is 2.41.